The molecule has 18 heavy (non-hydrogen) atoms. The number of aliphatic hydroxyl groups excluding tert-OH is 1. The van der Waals surface area contributed by atoms with E-state index in [0.717, 1.165) is 32.1 Å². The fraction of sp³-hybridized carbons (Fsp3) is 0.571. The minimum absolute atomic E-state index is 0.126. The molecular weight excluding hydrogens is 228 g/mol. The molecule has 1 fully saturated rings. The SMILES string of the molecule is C/C=C\C(=C/C=N)[C@H](O)CCC(=O)N1CCCC1. The van der Waals surface area contributed by atoms with Crippen LogP contribution in [0.15, 0.2) is 23.8 Å². The Kier molecular flexibility index (Phi) is 6.36. The number of nitrogens with zero attached hydrogens (tertiary/aromatic N) is 1. The number of amides is 1. The monoisotopic (exact) mass is 250 g/mol. The molecule has 0 aliphatic carbocycles. The number of rotatable bonds is 6. The molecule has 1 saturated heterocycles. The Bertz CT molecular complexity index is 342. The van der Waals surface area contributed by atoms with Gasteiger partial charge in [-0.15, -0.1) is 0 Å². The van der Waals surface area contributed by atoms with Gasteiger partial charge in [0, 0.05) is 25.7 Å². The highest BCUT2D eigenvalue weighted by atomic mass is 16.3. The average molecular weight is 250 g/mol. The summed E-state index contributed by atoms with van der Waals surface area (Å²) in [6, 6.07) is 0. The molecular formula is C14H22N2O2. The highest BCUT2D eigenvalue weighted by Gasteiger charge is 2.19. The van der Waals surface area contributed by atoms with Crippen LogP contribution in [0.5, 0.6) is 0 Å². The molecule has 0 radical (unpaired) electrons. The summed E-state index contributed by atoms with van der Waals surface area (Å²) in [5, 5.41) is 17.0. The lowest BCUT2D eigenvalue weighted by Gasteiger charge is -2.17. The smallest absolute Gasteiger partial charge is 0.222 e. The lowest BCUT2D eigenvalue weighted by molar-refractivity contribution is -0.130. The third-order valence-electron chi connectivity index (χ3n) is 3.11. The Balaban J connectivity index is 2.43. The van der Waals surface area contributed by atoms with Gasteiger partial charge in [-0.25, -0.2) is 0 Å². The van der Waals surface area contributed by atoms with Gasteiger partial charge in [0.25, 0.3) is 0 Å². The van der Waals surface area contributed by atoms with Crippen LogP contribution in [0.2, 0.25) is 0 Å². The van der Waals surface area contributed by atoms with Crippen LogP contribution in [0.1, 0.15) is 32.6 Å². The topological polar surface area (TPSA) is 64.4 Å². The van der Waals surface area contributed by atoms with Crippen molar-refractivity contribution in [1.29, 1.82) is 5.41 Å². The van der Waals surface area contributed by atoms with Crippen molar-refractivity contribution in [3.63, 3.8) is 0 Å². The largest absolute Gasteiger partial charge is 0.388 e. The van der Waals surface area contributed by atoms with E-state index in [0.29, 0.717) is 18.4 Å². The summed E-state index contributed by atoms with van der Waals surface area (Å²) in [5.41, 5.74) is 0.682. The molecule has 2 N–H and O–H groups in total. The van der Waals surface area contributed by atoms with Gasteiger partial charge in [-0.05, 0) is 37.8 Å². The predicted octanol–water partition coefficient (Wildman–Crippen LogP) is 1.90. The van der Waals surface area contributed by atoms with E-state index in [2.05, 4.69) is 0 Å². The summed E-state index contributed by atoms with van der Waals surface area (Å²) in [5.74, 6) is 0.126. The van der Waals surface area contributed by atoms with Crippen molar-refractivity contribution >= 4 is 12.1 Å². The van der Waals surface area contributed by atoms with Gasteiger partial charge in [0.05, 0.1) is 6.10 Å². The Morgan fingerprint density at radius 1 is 1.44 bits per heavy atom. The fourth-order valence-corrected chi connectivity index (χ4v) is 2.12. The number of carbonyl (C=O) groups excluding carboxylic acids is 1. The number of hydrogen-bond donors (Lipinski definition) is 2. The molecule has 0 unspecified atom stereocenters. The van der Waals surface area contributed by atoms with Gasteiger partial charge in [0.1, 0.15) is 0 Å². The van der Waals surface area contributed by atoms with Gasteiger partial charge in [-0.2, -0.15) is 0 Å². The summed E-state index contributed by atoms with van der Waals surface area (Å²) in [4.78, 5) is 13.7. The van der Waals surface area contributed by atoms with Crippen LogP contribution in [0.4, 0.5) is 0 Å². The minimum atomic E-state index is -0.672. The zero-order chi connectivity index (χ0) is 13.4. The van der Waals surface area contributed by atoms with E-state index in [1.165, 1.54) is 0 Å². The molecule has 100 valence electrons. The first-order valence-electron chi connectivity index (χ1n) is 6.48. The van der Waals surface area contributed by atoms with Crippen LogP contribution >= 0.6 is 0 Å². The van der Waals surface area contributed by atoms with Crippen molar-refractivity contribution in [1.82, 2.24) is 4.90 Å². The molecule has 0 aromatic rings. The molecule has 1 aliphatic rings. The van der Waals surface area contributed by atoms with E-state index < -0.39 is 6.10 Å². The standard InChI is InChI=1S/C14H22N2O2/c1-2-5-12(8-9-15)13(17)6-7-14(18)16-10-3-4-11-16/h2,5,8-9,13,15,17H,3-4,6-7,10-11H2,1H3/b5-2-,12-8+,15-9?/t13-/m1/s1. The van der Waals surface area contributed by atoms with Crippen molar-refractivity contribution in [2.75, 3.05) is 13.1 Å². The van der Waals surface area contributed by atoms with Crippen LogP contribution in [0.3, 0.4) is 0 Å². The quantitative estimate of drug-likeness (QED) is 0.558. The van der Waals surface area contributed by atoms with Gasteiger partial charge in [-0.1, -0.05) is 12.2 Å². The Hall–Kier alpha value is -1.42. The van der Waals surface area contributed by atoms with E-state index in [1.54, 1.807) is 12.2 Å². The maximum atomic E-state index is 11.8. The van der Waals surface area contributed by atoms with E-state index >= 15 is 0 Å². The molecule has 1 heterocycles. The Morgan fingerprint density at radius 2 is 2.11 bits per heavy atom. The number of allylic oxidation sites excluding steroid dienone is 2. The summed E-state index contributed by atoms with van der Waals surface area (Å²) >= 11 is 0. The van der Waals surface area contributed by atoms with Crippen molar-refractivity contribution < 1.29 is 9.90 Å². The summed E-state index contributed by atoms with van der Waals surface area (Å²) in [6.07, 6.45) is 8.60. The van der Waals surface area contributed by atoms with Crippen molar-refractivity contribution in [2.24, 2.45) is 0 Å². The van der Waals surface area contributed by atoms with E-state index in [-0.39, 0.29) is 5.91 Å². The van der Waals surface area contributed by atoms with Gasteiger partial charge < -0.3 is 15.4 Å². The molecule has 1 rings (SSSR count). The zero-order valence-corrected chi connectivity index (χ0v) is 10.9. The molecule has 4 nitrogen and oxygen atoms in total. The minimum Gasteiger partial charge on any atom is -0.388 e. The second-order valence-electron chi connectivity index (χ2n) is 4.48. The third kappa shape index (κ3) is 4.45. The van der Waals surface area contributed by atoms with Crippen molar-refractivity contribution in [3.8, 4) is 0 Å². The van der Waals surface area contributed by atoms with Crippen molar-refractivity contribution in [2.45, 2.75) is 38.7 Å². The van der Waals surface area contributed by atoms with Crippen LogP contribution in [0.25, 0.3) is 0 Å². The molecule has 1 amide bonds. The number of likely N-dealkylation sites (tertiary alicyclic amines) is 1. The second-order valence-corrected chi connectivity index (χ2v) is 4.48. The molecule has 0 saturated carbocycles. The lowest BCUT2D eigenvalue weighted by Crippen LogP contribution is -2.28. The first-order chi connectivity index (χ1) is 8.69. The number of carbonyl (C=O) groups is 1. The fourth-order valence-electron chi connectivity index (χ4n) is 2.12. The van der Waals surface area contributed by atoms with Gasteiger partial charge in [0.15, 0.2) is 0 Å². The van der Waals surface area contributed by atoms with Crippen LogP contribution in [0, 0.1) is 5.41 Å². The van der Waals surface area contributed by atoms with Crippen LogP contribution in [-0.2, 0) is 4.79 Å². The summed E-state index contributed by atoms with van der Waals surface area (Å²) in [6.45, 7) is 3.57. The highest BCUT2D eigenvalue weighted by Crippen LogP contribution is 2.14. The van der Waals surface area contributed by atoms with Gasteiger partial charge >= 0.3 is 0 Å². The van der Waals surface area contributed by atoms with Gasteiger partial charge in [0.2, 0.25) is 5.91 Å². The predicted molar refractivity (Wildman–Crippen MR) is 72.7 cm³/mol. The maximum absolute atomic E-state index is 11.8. The van der Waals surface area contributed by atoms with E-state index in [4.69, 9.17) is 5.41 Å². The average Bonchev–Trinajstić information content (AvgIpc) is 2.89. The number of nitrogens with one attached hydrogen (secondary N) is 1. The normalized spacial score (nSPS) is 18.3. The third-order valence-corrected chi connectivity index (χ3v) is 3.11. The molecule has 0 spiro atoms. The number of aliphatic hydroxyl groups is 1. The Morgan fingerprint density at radius 3 is 2.67 bits per heavy atom. The van der Waals surface area contributed by atoms with Crippen LogP contribution in [-0.4, -0.2) is 41.3 Å². The first-order valence-corrected chi connectivity index (χ1v) is 6.48. The lowest BCUT2D eigenvalue weighted by atomic mass is 10.0. The first kappa shape index (κ1) is 14.6. The Labute approximate surface area is 108 Å². The van der Waals surface area contributed by atoms with Crippen molar-refractivity contribution in [3.05, 3.63) is 23.8 Å². The molecule has 0 aromatic heterocycles. The molecule has 0 bridgehead atoms. The highest BCUT2D eigenvalue weighted by molar-refractivity contribution is 5.76. The summed E-state index contributed by atoms with van der Waals surface area (Å²) < 4.78 is 0. The molecule has 0 aromatic carbocycles. The molecule has 1 aliphatic heterocycles. The zero-order valence-electron chi connectivity index (χ0n) is 10.9. The van der Waals surface area contributed by atoms with Crippen LogP contribution < -0.4 is 0 Å². The molecule has 1 atom stereocenters. The van der Waals surface area contributed by atoms with Gasteiger partial charge in [-0.3, -0.25) is 4.79 Å². The molecule has 4 heteroatoms. The van der Waals surface area contributed by atoms with E-state index in [1.807, 2.05) is 17.9 Å². The second kappa shape index (κ2) is 7.82. The maximum Gasteiger partial charge on any atom is 0.222 e. The number of hydrogen-bond acceptors (Lipinski definition) is 3. The van der Waals surface area contributed by atoms with E-state index in [9.17, 15) is 9.90 Å². The summed E-state index contributed by atoms with van der Waals surface area (Å²) in [7, 11) is 0.